The molecule has 0 radical (unpaired) electrons. The van der Waals surface area contributed by atoms with Gasteiger partial charge in [0.25, 0.3) is 0 Å². The number of aliphatic hydroxyl groups excluding tert-OH is 1. The van der Waals surface area contributed by atoms with Crippen molar-refractivity contribution in [1.29, 1.82) is 0 Å². The van der Waals surface area contributed by atoms with Gasteiger partial charge in [0, 0.05) is 4.88 Å². The van der Waals surface area contributed by atoms with Gasteiger partial charge in [-0.05, 0) is 24.3 Å². The molecule has 0 spiro atoms. The molecule has 0 amide bonds. The van der Waals surface area contributed by atoms with Crippen molar-refractivity contribution >= 4 is 11.3 Å². The minimum Gasteiger partial charge on any atom is -0.393 e. The Kier molecular flexibility index (Phi) is 1.52. The normalized spacial score (nSPS) is 36.7. The predicted molar refractivity (Wildman–Crippen MR) is 45.4 cm³/mol. The largest absolute Gasteiger partial charge is 0.393 e. The fourth-order valence-electron chi connectivity index (χ4n) is 1.54. The van der Waals surface area contributed by atoms with E-state index in [0.717, 1.165) is 0 Å². The fourth-order valence-corrected chi connectivity index (χ4v) is 2.41. The van der Waals surface area contributed by atoms with Gasteiger partial charge in [0.05, 0.1) is 11.6 Å². The summed E-state index contributed by atoms with van der Waals surface area (Å²) in [6.07, 6.45) is 1.25. The third-order valence-corrected chi connectivity index (χ3v) is 3.30. The van der Waals surface area contributed by atoms with Gasteiger partial charge in [-0.3, -0.25) is 0 Å². The summed E-state index contributed by atoms with van der Waals surface area (Å²) >= 11 is 1.67. The maximum absolute atomic E-state index is 9.11. The Bertz CT molecular complexity index is 239. The first-order valence-corrected chi connectivity index (χ1v) is 4.60. The van der Waals surface area contributed by atoms with Gasteiger partial charge in [-0.1, -0.05) is 6.07 Å². The summed E-state index contributed by atoms with van der Waals surface area (Å²) in [6.45, 7) is 0. The number of thiophene rings is 1. The number of rotatable bonds is 1. The Hall–Kier alpha value is -0.380. The highest BCUT2D eigenvalue weighted by atomic mass is 32.1. The van der Waals surface area contributed by atoms with Crippen molar-refractivity contribution in [1.82, 2.24) is 0 Å². The molecule has 1 saturated carbocycles. The number of hydrogen-bond donors (Lipinski definition) is 2. The molecule has 0 bridgehead atoms. The van der Waals surface area contributed by atoms with Gasteiger partial charge < -0.3 is 10.8 Å². The molecule has 0 unspecified atom stereocenters. The van der Waals surface area contributed by atoms with Gasteiger partial charge in [0.15, 0.2) is 0 Å². The maximum atomic E-state index is 9.11. The Morgan fingerprint density at radius 3 is 2.82 bits per heavy atom. The van der Waals surface area contributed by atoms with Gasteiger partial charge in [-0.2, -0.15) is 0 Å². The lowest BCUT2D eigenvalue weighted by molar-refractivity contribution is 0.0227. The van der Waals surface area contributed by atoms with Crippen molar-refractivity contribution in [3.8, 4) is 0 Å². The highest BCUT2D eigenvalue weighted by Crippen LogP contribution is 2.40. The van der Waals surface area contributed by atoms with Crippen LogP contribution in [0.15, 0.2) is 17.5 Å². The summed E-state index contributed by atoms with van der Waals surface area (Å²) in [5.74, 6) is 0. The molecule has 3 heteroatoms. The minimum atomic E-state index is -0.215. The topological polar surface area (TPSA) is 46.2 Å². The quantitative estimate of drug-likeness (QED) is 0.660. The Morgan fingerprint density at radius 1 is 1.64 bits per heavy atom. The second kappa shape index (κ2) is 2.30. The van der Waals surface area contributed by atoms with Crippen molar-refractivity contribution in [2.75, 3.05) is 0 Å². The van der Waals surface area contributed by atoms with Crippen LogP contribution in [0.25, 0.3) is 0 Å². The van der Waals surface area contributed by atoms with Crippen LogP contribution in [-0.2, 0) is 5.54 Å². The van der Waals surface area contributed by atoms with Crippen LogP contribution in [0.4, 0.5) is 0 Å². The number of aliphatic hydroxyl groups is 1. The first kappa shape index (κ1) is 7.28. The molecule has 0 atom stereocenters. The standard InChI is InChI=1S/C8H11NOS/c9-8(4-6(10)5-8)7-2-1-3-11-7/h1-3,6,10H,4-5,9H2. The van der Waals surface area contributed by atoms with E-state index in [1.165, 1.54) is 4.88 Å². The monoisotopic (exact) mass is 169 g/mol. The van der Waals surface area contributed by atoms with E-state index in [0.29, 0.717) is 12.8 Å². The summed E-state index contributed by atoms with van der Waals surface area (Å²) in [6, 6.07) is 4.04. The van der Waals surface area contributed by atoms with Gasteiger partial charge in [0.2, 0.25) is 0 Å². The molecule has 2 nitrogen and oxygen atoms in total. The van der Waals surface area contributed by atoms with Gasteiger partial charge in [0.1, 0.15) is 0 Å². The van der Waals surface area contributed by atoms with Crippen LogP contribution in [-0.4, -0.2) is 11.2 Å². The summed E-state index contributed by atoms with van der Waals surface area (Å²) in [4.78, 5) is 1.20. The number of nitrogens with two attached hydrogens (primary N) is 1. The molecule has 0 saturated heterocycles. The van der Waals surface area contributed by atoms with E-state index in [-0.39, 0.29) is 11.6 Å². The average molecular weight is 169 g/mol. The molecule has 1 aliphatic carbocycles. The highest BCUT2D eigenvalue weighted by Gasteiger charge is 2.41. The Morgan fingerprint density at radius 2 is 2.36 bits per heavy atom. The van der Waals surface area contributed by atoms with Crippen molar-refractivity contribution in [2.45, 2.75) is 24.5 Å². The molecule has 1 aromatic rings. The van der Waals surface area contributed by atoms with E-state index in [1.807, 2.05) is 17.5 Å². The van der Waals surface area contributed by atoms with Crippen LogP contribution in [0.2, 0.25) is 0 Å². The first-order valence-electron chi connectivity index (χ1n) is 3.72. The van der Waals surface area contributed by atoms with Gasteiger partial charge >= 0.3 is 0 Å². The Labute approximate surface area is 69.7 Å². The minimum absolute atomic E-state index is 0.179. The van der Waals surface area contributed by atoms with Crippen LogP contribution in [0.3, 0.4) is 0 Å². The lowest BCUT2D eigenvalue weighted by Crippen LogP contribution is -2.51. The van der Waals surface area contributed by atoms with Crippen LogP contribution < -0.4 is 5.73 Å². The molecule has 0 aliphatic heterocycles. The molecule has 3 N–H and O–H groups in total. The van der Waals surface area contributed by atoms with Crippen LogP contribution >= 0.6 is 11.3 Å². The average Bonchev–Trinajstić information content (AvgIpc) is 2.34. The van der Waals surface area contributed by atoms with E-state index in [4.69, 9.17) is 10.8 Å². The van der Waals surface area contributed by atoms with Gasteiger partial charge in [-0.15, -0.1) is 11.3 Å². The third kappa shape index (κ3) is 1.09. The zero-order chi connectivity index (χ0) is 7.90. The van der Waals surface area contributed by atoms with Crippen LogP contribution in [0.5, 0.6) is 0 Å². The molecule has 11 heavy (non-hydrogen) atoms. The van der Waals surface area contributed by atoms with Crippen LogP contribution in [0.1, 0.15) is 17.7 Å². The van der Waals surface area contributed by atoms with E-state index in [1.54, 1.807) is 11.3 Å². The summed E-state index contributed by atoms with van der Waals surface area (Å²) in [5.41, 5.74) is 5.79. The molecular formula is C8H11NOS. The SMILES string of the molecule is NC1(c2cccs2)CC(O)C1. The maximum Gasteiger partial charge on any atom is 0.0582 e. The first-order chi connectivity index (χ1) is 5.21. The second-order valence-electron chi connectivity index (χ2n) is 3.20. The summed E-state index contributed by atoms with van der Waals surface area (Å²) in [7, 11) is 0. The molecule has 0 aromatic carbocycles. The lowest BCUT2D eigenvalue weighted by atomic mass is 9.74. The summed E-state index contributed by atoms with van der Waals surface area (Å²) in [5, 5.41) is 11.1. The second-order valence-corrected chi connectivity index (χ2v) is 4.14. The Balaban J connectivity index is 2.18. The predicted octanol–water partition coefficient (Wildman–Crippen LogP) is 1.06. The molecule has 1 aromatic heterocycles. The van der Waals surface area contributed by atoms with E-state index in [2.05, 4.69) is 0 Å². The number of hydrogen-bond acceptors (Lipinski definition) is 3. The zero-order valence-corrected chi connectivity index (χ0v) is 6.97. The van der Waals surface area contributed by atoms with E-state index >= 15 is 0 Å². The van der Waals surface area contributed by atoms with Crippen molar-refractivity contribution in [3.05, 3.63) is 22.4 Å². The van der Waals surface area contributed by atoms with Crippen molar-refractivity contribution in [2.24, 2.45) is 5.73 Å². The third-order valence-electron chi connectivity index (χ3n) is 2.21. The fraction of sp³-hybridized carbons (Fsp3) is 0.500. The summed E-state index contributed by atoms with van der Waals surface area (Å²) < 4.78 is 0. The van der Waals surface area contributed by atoms with Gasteiger partial charge in [-0.25, -0.2) is 0 Å². The zero-order valence-electron chi connectivity index (χ0n) is 6.16. The molecule has 1 fully saturated rings. The van der Waals surface area contributed by atoms with Crippen molar-refractivity contribution < 1.29 is 5.11 Å². The molecular weight excluding hydrogens is 158 g/mol. The molecule has 2 rings (SSSR count). The molecule has 60 valence electrons. The molecule has 1 heterocycles. The van der Waals surface area contributed by atoms with E-state index < -0.39 is 0 Å². The lowest BCUT2D eigenvalue weighted by Gasteiger charge is -2.41. The van der Waals surface area contributed by atoms with E-state index in [9.17, 15) is 0 Å². The highest BCUT2D eigenvalue weighted by molar-refractivity contribution is 7.10. The van der Waals surface area contributed by atoms with Crippen LogP contribution in [0, 0.1) is 0 Å². The smallest absolute Gasteiger partial charge is 0.0582 e. The molecule has 1 aliphatic rings. The van der Waals surface area contributed by atoms with Crippen molar-refractivity contribution in [3.63, 3.8) is 0 Å².